The number of carbonyl (C=O) groups excluding carboxylic acids is 1. The Kier molecular flexibility index (Phi) is 6.97. The van der Waals surface area contributed by atoms with E-state index in [1.54, 1.807) is 11.7 Å². The molecule has 8 nitrogen and oxygen atoms in total. The van der Waals surface area contributed by atoms with E-state index in [0.29, 0.717) is 29.3 Å². The molecule has 2 aromatic heterocycles. The molecule has 4 rings (SSSR count). The van der Waals surface area contributed by atoms with Gasteiger partial charge in [-0.25, -0.2) is 4.98 Å². The van der Waals surface area contributed by atoms with Crippen LogP contribution in [0.2, 0.25) is 0 Å². The van der Waals surface area contributed by atoms with Crippen LogP contribution >= 0.6 is 11.8 Å². The van der Waals surface area contributed by atoms with Crippen LogP contribution < -0.4 is 15.2 Å². The molecule has 0 spiro atoms. The van der Waals surface area contributed by atoms with E-state index in [1.807, 2.05) is 56.0 Å². The molecular formula is C24H31N5O3S. The largest absolute Gasteiger partial charge is 0.497 e. The van der Waals surface area contributed by atoms with Crippen LogP contribution in [0.15, 0.2) is 40.3 Å². The Balaban J connectivity index is 1.42. The number of nitrogens with one attached hydrogen (secondary N) is 1. The molecule has 1 unspecified atom stereocenters. The molecule has 3 aromatic rings. The van der Waals surface area contributed by atoms with E-state index in [1.165, 1.54) is 11.8 Å². The van der Waals surface area contributed by atoms with Gasteiger partial charge < -0.3 is 19.5 Å². The highest BCUT2D eigenvalue weighted by molar-refractivity contribution is 7.99. The average Bonchev–Trinajstić information content (AvgIpc) is 3.23. The van der Waals surface area contributed by atoms with Gasteiger partial charge in [0.15, 0.2) is 5.16 Å². The number of fused-ring (bicyclic) bond motifs is 1. The minimum Gasteiger partial charge on any atom is -0.497 e. The molecule has 0 bridgehead atoms. The first-order valence-electron chi connectivity index (χ1n) is 11.3. The molecule has 1 aliphatic rings. The van der Waals surface area contributed by atoms with E-state index in [2.05, 4.69) is 9.88 Å². The maximum absolute atomic E-state index is 13.1. The first-order chi connectivity index (χ1) is 15.9. The predicted molar refractivity (Wildman–Crippen MR) is 133 cm³/mol. The number of anilines is 1. The Hall–Kier alpha value is -2.94. The summed E-state index contributed by atoms with van der Waals surface area (Å²) in [5, 5.41) is 0.603. The van der Waals surface area contributed by atoms with Gasteiger partial charge in [-0.1, -0.05) is 18.7 Å². The fourth-order valence-corrected chi connectivity index (χ4v) is 5.09. The summed E-state index contributed by atoms with van der Waals surface area (Å²) >= 11 is 1.35. The van der Waals surface area contributed by atoms with Gasteiger partial charge in [0.25, 0.3) is 5.56 Å². The number of carbonyl (C=O) groups is 1. The molecule has 0 radical (unpaired) electrons. The molecule has 1 aliphatic heterocycles. The minimum atomic E-state index is -0.0782. The number of amides is 1. The van der Waals surface area contributed by atoms with Crippen molar-refractivity contribution in [3.63, 3.8) is 0 Å². The van der Waals surface area contributed by atoms with Crippen LogP contribution in [0, 0.1) is 6.92 Å². The van der Waals surface area contributed by atoms with Crippen molar-refractivity contribution in [1.82, 2.24) is 19.4 Å². The number of hydrogen-bond donors (Lipinski definition) is 1. The number of piperazine rings is 1. The molecular weight excluding hydrogens is 438 g/mol. The van der Waals surface area contributed by atoms with Gasteiger partial charge in [0.1, 0.15) is 11.3 Å². The molecule has 3 heterocycles. The molecule has 1 aromatic carbocycles. The van der Waals surface area contributed by atoms with Crippen molar-refractivity contribution in [3.05, 3.63) is 46.4 Å². The number of aryl methyl sites for hydroxylation is 1. The third-order valence-corrected chi connectivity index (χ3v) is 7.15. The highest BCUT2D eigenvalue weighted by atomic mass is 32.2. The SMILES string of the molecule is CCC(C)n1c(SCC(=O)N2CCN(c3ccc(OC)cc3)CC2)nc2cc(C)[nH]c2c1=O. The first kappa shape index (κ1) is 23.2. The Labute approximate surface area is 197 Å². The Morgan fingerprint density at radius 1 is 1.21 bits per heavy atom. The summed E-state index contributed by atoms with van der Waals surface area (Å²) in [6.45, 7) is 8.88. The molecule has 1 saturated heterocycles. The third kappa shape index (κ3) is 4.88. The van der Waals surface area contributed by atoms with E-state index < -0.39 is 0 Å². The second-order valence-corrected chi connectivity index (χ2v) is 9.34. The zero-order valence-electron chi connectivity index (χ0n) is 19.6. The number of hydrogen-bond acceptors (Lipinski definition) is 6. The van der Waals surface area contributed by atoms with E-state index in [-0.39, 0.29) is 23.3 Å². The van der Waals surface area contributed by atoms with Gasteiger partial charge in [-0.05, 0) is 50.6 Å². The topological polar surface area (TPSA) is 83.5 Å². The second kappa shape index (κ2) is 9.91. The summed E-state index contributed by atoms with van der Waals surface area (Å²) in [5.74, 6) is 1.17. The van der Waals surface area contributed by atoms with Crippen molar-refractivity contribution in [3.8, 4) is 5.75 Å². The summed E-state index contributed by atoms with van der Waals surface area (Å²) in [4.78, 5) is 38.1. The molecule has 0 aliphatic carbocycles. The van der Waals surface area contributed by atoms with Gasteiger partial charge in [0.05, 0.1) is 18.4 Å². The minimum absolute atomic E-state index is 0.00338. The number of ether oxygens (including phenoxy) is 1. The zero-order chi connectivity index (χ0) is 23.5. The van der Waals surface area contributed by atoms with Crippen LogP contribution in [0.25, 0.3) is 11.0 Å². The molecule has 1 fully saturated rings. The Bertz CT molecular complexity index is 1180. The summed E-state index contributed by atoms with van der Waals surface area (Å²) in [5.41, 5.74) is 3.14. The number of thioether (sulfide) groups is 1. The van der Waals surface area contributed by atoms with Gasteiger partial charge in [0.2, 0.25) is 5.91 Å². The number of H-pyrrole nitrogens is 1. The molecule has 1 atom stereocenters. The molecule has 1 amide bonds. The Morgan fingerprint density at radius 3 is 2.55 bits per heavy atom. The summed E-state index contributed by atoms with van der Waals surface area (Å²) in [6.07, 6.45) is 0.807. The van der Waals surface area contributed by atoms with Crippen molar-refractivity contribution in [2.24, 2.45) is 0 Å². The van der Waals surface area contributed by atoms with E-state index >= 15 is 0 Å². The van der Waals surface area contributed by atoms with Gasteiger partial charge in [-0.2, -0.15) is 0 Å². The zero-order valence-corrected chi connectivity index (χ0v) is 20.4. The van der Waals surface area contributed by atoms with Crippen molar-refractivity contribution >= 4 is 34.4 Å². The van der Waals surface area contributed by atoms with E-state index in [4.69, 9.17) is 9.72 Å². The number of benzene rings is 1. The van der Waals surface area contributed by atoms with E-state index in [0.717, 1.165) is 36.6 Å². The molecule has 1 N–H and O–H groups in total. The van der Waals surface area contributed by atoms with Crippen molar-refractivity contribution < 1.29 is 9.53 Å². The van der Waals surface area contributed by atoms with Crippen LogP contribution in [-0.4, -0.2) is 64.4 Å². The van der Waals surface area contributed by atoms with E-state index in [9.17, 15) is 9.59 Å². The van der Waals surface area contributed by atoms with Crippen LogP contribution in [0.5, 0.6) is 5.75 Å². The van der Waals surface area contributed by atoms with Gasteiger partial charge in [-0.3, -0.25) is 14.2 Å². The standard InChI is InChI=1S/C24H31N5O3S/c1-5-17(3)29-23(31)22-20(14-16(2)25-22)26-24(29)33-15-21(30)28-12-10-27(11-13-28)18-6-8-19(32-4)9-7-18/h6-9,14,17,25H,5,10-13,15H2,1-4H3. The van der Waals surface area contributed by atoms with Crippen LogP contribution in [-0.2, 0) is 4.79 Å². The van der Waals surface area contributed by atoms with Crippen LogP contribution in [0.4, 0.5) is 5.69 Å². The third-order valence-electron chi connectivity index (χ3n) is 6.21. The number of methoxy groups -OCH3 is 1. The fourth-order valence-electron chi connectivity index (χ4n) is 4.09. The molecule has 176 valence electrons. The lowest BCUT2D eigenvalue weighted by Gasteiger charge is -2.36. The van der Waals surface area contributed by atoms with Crippen molar-refractivity contribution in [1.29, 1.82) is 0 Å². The molecule has 33 heavy (non-hydrogen) atoms. The first-order valence-corrected chi connectivity index (χ1v) is 12.3. The van der Waals surface area contributed by atoms with Gasteiger partial charge in [-0.15, -0.1) is 0 Å². The maximum atomic E-state index is 13.1. The van der Waals surface area contributed by atoms with Gasteiger partial charge >= 0.3 is 0 Å². The van der Waals surface area contributed by atoms with Gasteiger partial charge in [0, 0.05) is 43.6 Å². The summed E-state index contributed by atoms with van der Waals surface area (Å²) < 4.78 is 6.95. The number of aromatic nitrogens is 3. The summed E-state index contributed by atoms with van der Waals surface area (Å²) in [6, 6.07) is 9.88. The summed E-state index contributed by atoms with van der Waals surface area (Å²) in [7, 11) is 1.66. The second-order valence-electron chi connectivity index (χ2n) is 8.39. The maximum Gasteiger partial charge on any atom is 0.278 e. The molecule has 9 heteroatoms. The number of rotatable bonds is 7. The lowest BCUT2D eigenvalue weighted by Crippen LogP contribution is -2.49. The Morgan fingerprint density at radius 2 is 1.91 bits per heavy atom. The quantitative estimate of drug-likeness (QED) is 0.422. The lowest BCUT2D eigenvalue weighted by molar-refractivity contribution is -0.128. The highest BCUT2D eigenvalue weighted by Crippen LogP contribution is 2.24. The smallest absolute Gasteiger partial charge is 0.278 e. The van der Waals surface area contributed by atoms with Crippen LogP contribution in [0.1, 0.15) is 32.0 Å². The van der Waals surface area contributed by atoms with Crippen molar-refractivity contribution in [2.75, 3.05) is 43.9 Å². The lowest BCUT2D eigenvalue weighted by atomic mass is 10.2. The molecule has 0 saturated carbocycles. The number of nitrogens with zero attached hydrogens (tertiary/aromatic N) is 4. The monoisotopic (exact) mass is 469 g/mol. The normalized spacial score (nSPS) is 15.2. The average molecular weight is 470 g/mol. The fraction of sp³-hybridized carbons (Fsp3) is 0.458. The highest BCUT2D eigenvalue weighted by Gasteiger charge is 2.23. The predicted octanol–water partition coefficient (Wildman–Crippen LogP) is 3.45. The van der Waals surface area contributed by atoms with Crippen LogP contribution in [0.3, 0.4) is 0 Å². The van der Waals surface area contributed by atoms with Crippen molar-refractivity contribution in [2.45, 2.75) is 38.4 Å². The number of aromatic amines is 1.